The highest BCUT2D eigenvalue weighted by Gasteiger charge is 2.32. The number of nitrogens with one attached hydrogen (secondary N) is 3. The van der Waals surface area contributed by atoms with Crippen molar-refractivity contribution in [1.29, 1.82) is 0 Å². The van der Waals surface area contributed by atoms with Gasteiger partial charge in [-0.1, -0.05) is 6.07 Å². The van der Waals surface area contributed by atoms with Crippen molar-refractivity contribution in [1.82, 2.24) is 19.8 Å². The second-order valence-corrected chi connectivity index (χ2v) is 9.93. The SMILES string of the molecule is O=C(O[C@@H]1CC[C@H](c2cc(Nc3ccc4c(c3)S(=O)(=O)NC4)n[nH]2)C1)N1CCCC1. The van der Waals surface area contributed by atoms with Crippen LogP contribution in [0, 0.1) is 0 Å². The first-order chi connectivity index (χ1) is 14.5. The lowest BCUT2D eigenvalue weighted by atomic mass is 10.0. The molecule has 1 saturated heterocycles. The summed E-state index contributed by atoms with van der Waals surface area (Å²) in [7, 11) is -3.41. The van der Waals surface area contributed by atoms with Crippen LogP contribution < -0.4 is 10.0 Å². The number of anilines is 2. The topological polar surface area (TPSA) is 116 Å². The number of carbonyl (C=O) groups excluding carboxylic acids is 1. The number of H-pyrrole nitrogens is 1. The van der Waals surface area contributed by atoms with E-state index in [1.54, 1.807) is 17.0 Å². The van der Waals surface area contributed by atoms with Gasteiger partial charge in [0.15, 0.2) is 5.82 Å². The average Bonchev–Trinajstić information content (AvgIpc) is 3.50. The quantitative estimate of drug-likeness (QED) is 0.685. The van der Waals surface area contributed by atoms with E-state index in [1.807, 2.05) is 12.1 Å². The van der Waals surface area contributed by atoms with E-state index in [0.717, 1.165) is 56.5 Å². The summed E-state index contributed by atoms with van der Waals surface area (Å²) in [5.41, 5.74) is 2.43. The molecule has 2 aliphatic heterocycles. The van der Waals surface area contributed by atoms with Crippen LogP contribution >= 0.6 is 0 Å². The summed E-state index contributed by atoms with van der Waals surface area (Å²) in [5, 5.41) is 10.6. The third-order valence-electron chi connectivity index (χ3n) is 6.14. The summed E-state index contributed by atoms with van der Waals surface area (Å²) in [5.74, 6) is 0.889. The van der Waals surface area contributed by atoms with Crippen molar-refractivity contribution in [2.24, 2.45) is 0 Å². The molecule has 2 fully saturated rings. The van der Waals surface area contributed by atoms with E-state index in [0.29, 0.717) is 22.9 Å². The largest absolute Gasteiger partial charge is 0.446 e. The Morgan fingerprint density at radius 2 is 2.03 bits per heavy atom. The molecular formula is C20H25N5O4S. The van der Waals surface area contributed by atoms with E-state index in [1.165, 1.54) is 0 Å². The fourth-order valence-corrected chi connectivity index (χ4v) is 5.75. The Labute approximate surface area is 175 Å². The molecule has 2 aromatic rings. The molecule has 1 amide bonds. The number of amides is 1. The van der Waals surface area contributed by atoms with Crippen LogP contribution in [0.3, 0.4) is 0 Å². The smallest absolute Gasteiger partial charge is 0.410 e. The normalized spacial score (nSPS) is 24.7. The van der Waals surface area contributed by atoms with Crippen molar-refractivity contribution < 1.29 is 17.9 Å². The number of nitrogens with zero attached hydrogens (tertiary/aromatic N) is 2. The number of rotatable bonds is 4. The first-order valence-corrected chi connectivity index (χ1v) is 11.9. The number of aromatic amines is 1. The minimum Gasteiger partial charge on any atom is -0.446 e. The summed E-state index contributed by atoms with van der Waals surface area (Å²) in [6.07, 6.45) is 4.43. The predicted molar refractivity (Wildman–Crippen MR) is 110 cm³/mol. The van der Waals surface area contributed by atoms with Gasteiger partial charge in [-0.25, -0.2) is 17.9 Å². The van der Waals surface area contributed by atoms with Crippen LogP contribution in [0.5, 0.6) is 0 Å². The number of hydrogen-bond acceptors (Lipinski definition) is 6. The van der Waals surface area contributed by atoms with Crippen LogP contribution in [0.4, 0.5) is 16.3 Å². The molecule has 1 aliphatic carbocycles. The summed E-state index contributed by atoms with van der Waals surface area (Å²) in [6.45, 7) is 1.92. The highest BCUT2D eigenvalue weighted by Crippen LogP contribution is 2.36. The number of ether oxygens (including phenoxy) is 1. The second kappa shape index (κ2) is 7.59. The molecule has 10 heteroatoms. The van der Waals surface area contributed by atoms with Gasteiger partial charge in [0.05, 0.1) is 4.90 Å². The maximum Gasteiger partial charge on any atom is 0.410 e. The molecule has 0 unspecified atom stereocenters. The highest BCUT2D eigenvalue weighted by atomic mass is 32.2. The molecule has 2 atom stereocenters. The van der Waals surface area contributed by atoms with Crippen molar-refractivity contribution in [2.75, 3.05) is 18.4 Å². The third kappa shape index (κ3) is 3.77. The lowest BCUT2D eigenvalue weighted by Crippen LogP contribution is -2.31. The Bertz CT molecular complexity index is 1060. The van der Waals surface area contributed by atoms with Crippen LogP contribution in [0.2, 0.25) is 0 Å². The fourth-order valence-electron chi connectivity index (χ4n) is 4.48. The molecule has 1 aromatic carbocycles. The van der Waals surface area contributed by atoms with Gasteiger partial charge in [0.1, 0.15) is 6.10 Å². The number of aromatic nitrogens is 2. The number of carbonyl (C=O) groups is 1. The highest BCUT2D eigenvalue weighted by molar-refractivity contribution is 7.89. The van der Waals surface area contributed by atoms with Crippen LogP contribution in [0.15, 0.2) is 29.2 Å². The molecule has 3 N–H and O–H groups in total. The lowest BCUT2D eigenvalue weighted by molar-refractivity contribution is 0.0709. The lowest BCUT2D eigenvalue weighted by Gasteiger charge is -2.19. The van der Waals surface area contributed by atoms with Crippen LogP contribution in [0.1, 0.15) is 49.3 Å². The zero-order chi connectivity index (χ0) is 20.7. The fraction of sp³-hybridized carbons (Fsp3) is 0.500. The van der Waals surface area contributed by atoms with Crippen LogP contribution in [0.25, 0.3) is 0 Å². The number of benzene rings is 1. The molecule has 0 spiro atoms. The van der Waals surface area contributed by atoms with Crippen molar-refractivity contribution in [3.63, 3.8) is 0 Å². The summed E-state index contributed by atoms with van der Waals surface area (Å²) in [4.78, 5) is 14.3. The molecule has 1 saturated carbocycles. The molecule has 0 bridgehead atoms. The summed E-state index contributed by atoms with van der Waals surface area (Å²) >= 11 is 0. The Balaban J connectivity index is 1.21. The van der Waals surface area contributed by atoms with Crippen molar-refractivity contribution in [2.45, 2.75) is 55.6 Å². The molecule has 30 heavy (non-hydrogen) atoms. The average molecular weight is 432 g/mol. The maximum absolute atomic E-state index is 12.2. The molecule has 0 radical (unpaired) electrons. The van der Waals surface area contributed by atoms with Gasteiger partial charge >= 0.3 is 6.09 Å². The molecule has 1 aromatic heterocycles. The van der Waals surface area contributed by atoms with E-state index < -0.39 is 10.0 Å². The number of sulfonamides is 1. The maximum atomic E-state index is 12.2. The molecule has 3 heterocycles. The molecule has 5 rings (SSSR count). The van der Waals surface area contributed by atoms with E-state index in [2.05, 4.69) is 20.2 Å². The van der Waals surface area contributed by atoms with Crippen molar-refractivity contribution in [3.8, 4) is 0 Å². The van der Waals surface area contributed by atoms with Gasteiger partial charge in [-0.05, 0) is 49.8 Å². The minimum absolute atomic E-state index is 0.0581. The monoisotopic (exact) mass is 431 g/mol. The van der Waals surface area contributed by atoms with Gasteiger partial charge in [0.2, 0.25) is 10.0 Å². The predicted octanol–water partition coefficient (Wildman–Crippen LogP) is 2.81. The molecule has 9 nitrogen and oxygen atoms in total. The first kappa shape index (κ1) is 19.4. The molecule has 3 aliphatic rings. The standard InChI is InChI=1S/C20H25N5O4S/c26-20(25-7-1-2-8-25)29-16-6-4-13(9-16)17-11-19(24-23-17)22-15-5-3-14-12-21-30(27,28)18(14)10-15/h3,5,10-11,13,16,21H,1-2,4,6-9,12H2,(H2,22,23,24)/t13-,16+/m0/s1. The summed E-state index contributed by atoms with van der Waals surface area (Å²) < 4.78 is 32.3. The summed E-state index contributed by atoms with van der Waals surface area (Å²) in [6, 6.07) is 7.22. The zero-order valence-electron chi connectivity index (χ0n) is 16.6. The molecular weight excluding hydrogens is 406 g/mol. The van der Waals surface area contributed by atoms with Gasteiger partial charge in [0.25, 0.3) is 0 Å². The van der Waals surface area contributed by atoms with E-state index in [-0.39, 0.29) is 18.1 Å². The van der Waals surface area contributed by atoms with E-state index >= 15 is 0 Å². The Kier molecular flexibility index (Phi) is 4.90. The van der Waals surface area contributed by atoms with Crippen molar-refractivity contribution >= 4 is 27.6 Å². The van der Waals surface area contributed by atoms with Gasteiger partial charge < -0.3 is 15.0 Å². The van der Waals surface area contributed by atoms with Crippen molar-refractivity contribution in [3.05, 3.63) is 35.5 Å². The van der Waals surface area contributed by atoms with Crippen LogP contribution in [-0.4, -0.2) is 48.8 Å². The van der Waals surface area contributed by atoms with Gasteiger partial charge in [0, 0.05) is 43.0 Å². The molecule has 160 valence electrons. The first-order valence-electron chi connectivity index (χ1n) is 10.4. The van der Waals surface area contributed by atoms with Crippen LogP contribution in [-0.2, 0) is 21.3 Å². The minimum atomic E-state index is -3.41. The number of likely N-dealkylation sites (tertiary alicyclic amines) is 1. The Hall–Kier alpha value is -2.59. The third-order valence-corrected chi connectivity index (χ3v) is 7.62. The zero-order valence-corrected chi connectivity index (χ0v) is 17.4. The number of hydrogen-bond donors (Lipinski definition) is 3. The van der Waals surface area contributed by atoms with E-state index in [4.69, 9.17) is 4.74 Å². The Morgan fingerprint density at radius 1 is 1.20 bits per heavy atom. The van der Waals surface area contributed by atoms with E-state index in [9.17, 15) is 13.2 Å². The number of fused-ring (bicyclic) bond motifs is 1. The van der Waals surface area contributed by atoms with Gasteiger partial charge in [-0.15, -0.1) is 0 Å². The Morgan fingerprint density at radius 3 is 2.87 bits per heavy atom. The van der Waals surface area contributed by atoms with Gasteiger partial charge in [-0.3, -0.25) is 5.10 Å². The second-order valence-electron chi connectivity index (χ2n) is 8.19. The van der Waals surface area contributed by atoms with Gasteiger partial charge in [-0.2, -0.15) is 5.10 Å².